The number of amides is 1. The number of furan rings is 1. The van der Waals surface area contributed by atoms with Crippen molar-refractivity contribution in [3.63, 3.8) is 0 Å². The zero-order valence-corrected chi connectivity index (χ0v) is 14.5. The Labute approximate surface area is 143 Å². The van der Waals surface area contributed by atoms with Crippen molar-refractivity contribution in [2.45, 2.75) is 33.2 Å². The van der Waals surface area contributed by atoms with E-state index < -0.39 is 0 Å². The second kappa shape index (κ2) is 8.96. The van der Waals surface area contributed by atoms with Crippen LogP contribution in [-0.2, 0) is 4.79 Å². The lowest BCUT2D eigenvalue weighted by Crippen LogP contribution is -2.24. The first-order chi connectivity index (χ1) is 11.5. The van der Waals surface area contributed by atoms with Crippen LogP contribution in [-0.4, -0.2) is 12.5 Å². The van der Waals surface area contributed by atoms with Gasteiger partial charge in [0, 0.05) is 6.08 Å². The molecule has 0 fully saturated rings. The number of carbonyl (C=O) groups excluding carboxylic acids is 1. The monoisotopic (exact) mass is 327 g/mol. The van der Waals surface area contributed by atoms with Gasteiger partial charge < -0.3 is 14.5 Å². The SMILES string of the molecule is CC(C)CCOc1ccc(C(C)NC(=O)/C=C/c2ccco2)cc1. The predicted octanol–water partition coefficient (Wildman–Crippen LogP) is 4.60. The van der Waals surface area contributed by atoms with E-state index in [1.54, 1.807) is 24.5 Å². The second-order valence-corrected chi connectivity index (χ2v) is 6.18. The van der Waals surface area contributed by atoms with Crippen LogP contribution in [0, 0.1) is 5.92 Å². The maximum absolute atomic E-state index is 11.9. The number of benzene rings is 1. The van der Waals surface area contributed by atoms with Gasteiger partial charge in [-0.25, -0.2) is 0 Å². The first kappa shape index (κ1) is 17.9. The summed E-state index contributed by atoms with van der Waals surface area (Å²) in [5.74, 6) is 1.99. The summed E-state index contributed by atoms with van der Waals surface area (Å²) in [6, 6.07) is 11.3. The molecule has 1 aromatic carbocycles. The minimum atomic E-state index is -0.156. The normalized spacial score (nSPS) is 12.5. The molecule has 1 atom stereocenters. The second-order valence-electron chi connectivity index (χ2n) is 6.18. The van der Waals surface area contributed by atoms with Crippen molar-refractivity contribution < 1.29 is 13.9 Å². The van der Waals surface area contributed by atoms with Crippen LogP contribution >= 0.6 is 0 Å². The summed E-state index contributed by atoms with van der Waals surface area (Å²) in [6.07, 6.45) is 5.73. The van der Waals surface area contributed by atoms with Gasteiger partial charge >= 0.3 is 0 Å². The molecular formula is C20H25NO3. The fourth-order valence-electron chi connectivity index (χ4n) is 2.15. The number of hydrogen-bond acceptors (Lipinski definition) is 3. The first-order valence-electron chi connectivity index (χ1n) is 8.29. The molecule has 4 heteroatoms. The van der Waals surface area contributed by atoms with E-state index in [1.165, 1.54) is 6.08 Å². The third kappa shape index (κ3) is 5.95. The van der Waals surface area contributed by atoms with Crippen LogP contribution in [0.5, 0.6) is 5.75 Å². The molecule has 1 amide bonds. The van der Waals surface area contributed by atoms with Gasteiger partial charge in [-0.2, -0.15) is 0 Å². The molecule has 1 unspecified atom stereocenters. The summed E-state index contributed by atoms with van der Waals surface area (Å²) in [6.45, 7) is 7.03. The maximum Gasteiger partial charge on any atom is 0.244 e. The summed E-state index contributed by atoms with van der Waals surface area (Å²) in [5.41, 5.74) is 1.03. The van der Waals surface area contributed by atoms with Gasteiger partial charge in [-0.3, -0.25) is 4.79 Å². The molecule has 2 rings (SSSR count). The van der Waals surface area contributed by atoms with Crippen molar-refractivity contribution in [1.82, 2.24) is 5.32 Å². The van der Waals surface area contributed by atoms with Crippen molar-refractivity contribution in [3.05, 3.63) is 60.1 Å². The Hall–Kier alpha value is -2.49. The molecule has 0 saturated heterocycles. The van der Waals surface area contributed by atoms with Crippen LogP contribution in [0.25, 0.3) is 6.08 Å². The standard InChI is InChI=1S/C20H25NO3/c1-15(2)12-14-24-19-8-6-17(7-9-19)16(3)21-20(22)11-10-18-5-4-13-23-18/h4-11,13,15-16H,12,14H2,1-3H3,(H,21,22)/b11-10+. The molecule has 0 aliphatic carbocycles. The van der Waals surface area contributed by atoms with Gasteiger partial charge in [0.25, 0.3) is 0 Å². The molecule has 0 aliphatic rings. The third-order valence-corrected chi connectivity index (χ3v) is 3.64. The highest BCUT2D eigenvalue weighted by Gasteiger charge is 2.08. The van der Waals surface area contributed by atoms with Gasteiger partial charge in [-0.15, -0.1) is 0 Å². The van der Waals surface area contributed by atoms with Crippen LogP contribution in [0.3, 0.4) is 0 Å². The predicted molar refractivity (Wildman–Crippen MR) is 95.7 cm³/mol. The Balaban J connectivity index is 1.83. The molecule has 128 valence electrons. The summed E-state index contributed by atoms with van der Waals surface area (Å²) < 4.78 is 10.9. The van der Waals surface area contributed by atoms with Crippen molar-refractivity contribution in [2.24, 2.45) is 5.92 Å². The smallest absolute Gasteiger partial charge is 0.244 e. The van der Waals surface area contributed by atoms with E-state index in [1.807, 2.05) is 31.2 Å². The lowest BCUT2D eigenvalue weighted by atomic mass is 10.1. The Kier molecular flexibility index (Phi) is 6.67. The molecule has 1 heterocycles. The Morgan fingerprint density at radius 3 is 2.58 bits per heavy atom. The minimum absolute atomic E-state index is 0.0801. The van der Waals surface area contributed by atoms with Gasteiger partial charge in [-0.1, -0.05) is 26.0 Å². The number of rotatable bonds is 8. The van der Waals surface area contributed by atoms with Crippen molar-refractivity contribution in [3.8, 4) is 5.75 Å². The first-order valence-corrected chi connectivity index (χ1v) is 8.29. The van der Waals surface area contributed by atoms with E-state index in [4.69, 9.17) is 9.15 Å². The van der Waals surface area contributed by atoms with E-state index in [-0.39, 0.29) is 11.9 Å². The molecule has 24 heavy (non-hydrogen) atoms. The zero-order chi connectivity index (χ0) is 17.4. The lowest BCUT2D eigenvalue weighted by Gasteiger charge is -2.14. The molecule has 4 nitrogen and oxygen atoms in total. The highest BCUT2D eigenvalue weighted by atomic mass is 16.5. The largest absolute Gasteiger partial charge is 0.494 e. The number of hydrogen-bond donors (Lipinski definition) is 1. The molecule has 1 N–H and O–H groups in total. The summed E-state index contributed by atoms with van der Waals surface area (Å²) in [7, 11) is 0. The molecule has 0 bridgehead atoms. The third-order valence-electron chi connectivity index (χ3n) is 3.64. The van der Waals surface area contributed by atoms with E-state index >= 15 is 0 Å². The van der Waals surface area contributed by atoms with Crippen LogP contribution in [0.1, 0.15) is 44.6 Å². The molecule has 0 spiro atoms. The summed E-state index contributed by atoms with van der Waals surface area (Å²) in [4.78, 5) is 11.9. The minimum Gasteiger partial charge on any atom is -0.494 e. The van der Waals surface area contributed by atoms with E-state index in [0.717, 1.165) is 24.3 Å². The molecule has 2 aromatic rings. The number of nitrogens with one attached hydrogen (secondary N) is 1. The van der Waals surface area contributed by atoms with Crippen molar-refractivity contribution in [1.29, 1.82) is 0 Å². The highest BCUT2D eigenvalue weighted by Crippen LogP contribution is 2.18. The quantitative estimate of drug-likeness (QED) is 0.721. The van der Waals surface area contributed by atoms with Gasteiger partial charge in [0.15, 0.2) is 0 Å². The van der Waals surface area contributed by atoms with Crippen LogP contribution in [0.4, 0.5) is 0 Å². The summed E-state index contributed by atoms with van der Waals surface area (Å²) in [5, 5.41) is 2.93. The van der Waals surface area contributed by atoms with Crippen molar-refractivity contribution >= 4 is 12.0 Å². The Bertz CT molecular complexity index is 642. The van der Waals surface area contributed by atoms with Gasteiger partial charge in [0.05, 0.1) is 18.9 Å². The Morgan fingerprint density at radius 2 is 1.96 bits per heavy atom. The molecule has 0 radical (unpaired) electrons. The highest BCUT2D eigenvalue weighted by molar-refractivity contribution is 5.91. The molecule has 0 aliphatic heterocycles. The molecular weight excluding hydrogens is 302 g/mol. The summed E-state index contributed by atoms with van der Waals surface area (Å²) >= 11 is 0. The van der Waals surface area contributed by atoms with Gasteiger partial charge in [0.1, 0.15) is 11.5 Å². The van der Waals surface area contributed by atoms with Gasteiger partial charge in [-0.05, 0) is 55.2 Å². The average Bonchev–Trinajstić information content (AvgIpc) is 3.06. The van der Waals surface area contributed by atoms with Gasteiger partial charge in [0.2, 0.25) is 5.91 Å². The van der Waals surface area contributed by atoms with Crippen molar-refractivity contribution in [2.75, 3.05) is 6.61 Å². The zero-order valence-electron chi connectivity index (χ0n) is 14.5. The average molecular weight is 327 g/mol. The number of ether oxygens (including phenoxy) is 1. The molecule has 1 aromatic heterocycles. The maximum atomic E-state index is 11.9. The molecule has 0 saturated carbocycles. The lowest BCUT2D eigenvalue weighted by molar-refractivity contribution is -0.117. The van der Waals surface area contributed by atoms with Crippen LogP contribution in [0.2, 0.25) is 0 Å². The topological polar surface area (TPSA) is 51.5 Å². The van der Waals surface area contributed by atoms with Crippen LogP contribution in [0.15, 0.2) is 53.2 Å². The van der Waals surface area contributed by atoms with E-state index in [2.05, 4.69) is 19.2 Å². The number of carbonyl (C=O) groups is 1. The fraction of sp³-hybridized carbons (Fsp3) is 0.350. The Morgan fingerprint density at radius 1 is 1.21 bits per heavy atom. The van der Waals surface area contributed by atoms with E-state index in [0.29, 0.717) is 11.7 Å². The van der Waals surface area contributed by atoms with E-state index in [9.17, 15) is 4.79 Å². The van der Waals surface area contributed by atoms with Crippen LogP contribution < -0.4 is 10.1 Å². The fourth-order valence-corrected chi connectivity index (χ4v) is 2.15.